The molecule has 1 aromatic carbocycles. The highest BCUT2D eigenvalue weighted by Crippen LogP contribution is 2.63. The molecule has 0 N–H and O–H groups in total. The van der Waals surface area contributed by atoms with Crippen molar-refractivity contribution in [1.29, 1.82) is 0 Å². The second-order valence-electron chi connectivity index (χ2n) is 5.55. The van der Waals surface area contributed by atoms with Crippen molar-refractivity contribution in [1.82, 2.24) is 0 Å². The molecule has 0 aliphatic heterocycles. The summed E-state index contributed by atoms with van der Waals surface area (Å²) in [6.45, 7) is -4.86. The summed E-state index contributed by atoms with van der Waals surface area (Å²) in [5.41, 5.74) is 0.841. The quantitative estimate of drug-likeness (QED) is 0.688. The van der Waals surface area contributed by atoms with Crippen molar-refractivity contribution in [2.45, 2.75) is 38.0 Å². The van der Waals surface area contributed by atoms with Crippen LogP contribution < -0.4 is 5.46 Å². The van der Waals surface area contributed by atoms with Gasteiger partial charge < -0.3 is 12.9 Å². The highest BCUT2D eigenvalue weighted by Gasteiger charge is 2.50. The Labute approximate surface area is 99.3 Å². The van der Waals surface area contributed by atoms with Gasteiger partial charge in [-0.05, 0) is 42.6 Å². The van der Waals surface area contributed by atoms with Gasteiger partial charge in [0.05, 0.1) is 0 Å². The van der Waals surface area contributed by atoms with E-state index >= 15 is 0 Å². The van der Waals surface area contributed by atoms with E-state index in [0.717, 1.165) is 12.0 Å². The molecule has 0 saturated heterocycles. The van der Waals surface area contributed by atoms with Crippen molar-refractivity contribution in [3.8, 4) is 0 Å². The Morgan fingerprint density at radius 2 is 1.88 bits per heavy atom. The van der Waals surface area contributed by atoms with Gasteiger partial charge in [0.25, 0.3) is 0 Å². The van der Waals surface area contributed by atoms with E-state index < -0.39 is 12.4 Å². The average molecular weight is 239 g/mol. The van der Waals surface area contributed by atoms with E-state index in [4.69, 9.17) is 0 Å². The first-order valence-electron chi connectivity index (χ1n) is 6.31. The molecule has 1 atom stereocenters. The van der Waals surface area contributed by atoms with Crippen molar-refractivity contribution in [2.24, 2.45) is 5.41 Å². The standard InChI is InChI=1S/C13H15BF3/c15-14(16,17)11-4-1-3-10(9-11)12-5-8-13(12)6-2-7-13/h1,3-4,9,12H,2,5-8H2/q-1. The van der Waals surface area contributed by atoms with Gasteiger partial charge in [-0.1, -0.05) is 30.7 Å². The van der Waals surface area contributed by atoms with E-state index in [0.29, 0.717) is 11.3 Å². The van der Waals surface area contributed by atoms with Gasteiger partial charge in [0.1, 0.15) is 0 Å². The first-order valence-corrected chi connectivity index (χ1v) is 6.31. The van der Waals surface area contributed by atoms with Gasteiger partial charge >= 0.3 is 6.98 Å². The van der Waals surface area contributed by atoms with Crippen LogP contribution in [0.3, 0.4) is 0 Å². The minimum atomic E-state index is -4.86. The van der Waals surface area contributed by atoms with Gasteiger partial charge in [-0.15, -0.1) is 5.46 Å². The van der Waals surface area contributed by atoms with Gasteiger partial charge in [0.2, 0.25) is 0 Å². The van der Waals surface area contributed by atoms with E-state index in [9.17, 15) is 12.9 Å². The highest BCUT2D eigenvalue weighted by atomic mass is 19.4. The third-order valence-electron chi connectivity index (χ3n) is 4.71. The van der Waals surface area contributed by atoms with Gasteiger partial charge in [-0.25, -0.2) is 0 Å². The van der Waals surface area contributed by atoms with Crippen LogP contribution in [-0.4, -0.2) is 6.98 Å². The van der Waals surface area contributed by atoms with Crippen molar-refractivity contribution in [3.05, 3.63) is 29.8 Å². The van der Waals surface area contributed by atoms with Crippen LogP contribution in [0.25, 0.3) is 0 Å². The molecule has 4 heteroatoms. The van der Waals surface area contributed by atoms with Gasteiger partial charge in [0.15, 0.2) is 0 Å². The molecule has 0 nitrogen and oxygen atoms in total. The maximum absolute atomic E-state index is 12.7. The lowest BCUT2D eigenvalue weighted by atomic mass is 9.48. The molecule has 0 amide bonds. The molecule has 3 rings (SSSR count). The van der Waals surface area contributed by atoms with E-state index in [-0.39, 0.29) is 0 Å². The average Bonchev–Trinajstić information content (AvgIpc) is 2.12. The summed E-state index contributed by atoms with van der Waals surface area (Å²) < 4.78 is 38.1. The second-order valence-corrected chi connectivity index (χ2v) is 5.55. The number of hydrogen-bond acceptors (Lipinski definition) is 0. The summed E-state index contributed by atoms with van der Waals surface area (Å²) in [6, 6.07) is 6.00. The summed E-state index contributed by atoms with van der Waals surface area (Å²) in [5, 5.41) is 0. The van der Waals surface area contributed by atoms with Gasteiger partial charge in [-0.2, -0.15) is 0 Å². The Bertz CT molecular complexity index is 429. The molecule has 0 bridgehead atoms. The third kappa shape index (κ3) is 1.69. The van der Waals surface area contributed by atoms with Crippen LogP contribution in [0, 0.1) is 5.41 Å². The van der Waals surface area contributed by atoms with Crippen molar-refractivity contribution < 1.29 is 12.9 Å². The Kier molecular flexibility index (Phi) is 2.32. The monoisotopic (exact) mass is 239 g/mol. The van der Waals surface area contributed by atoms with Crippen LogP contribution in [0.2, 0.25) is 0 Å². The molecule has 2 aliphatic carbocycles. The fraction of sp³-hybridized carbons (Fsp3) is 0.538. The molecule has 2 fully saturated rings. The highest BCUT2D eigenvalue weighted by molar-refractivity contribution is 6.73. The smallest absolute Gasteiger partial charge is 0.445 e. The molecule has 0 heterocycles. The Balaban J connectivity index is 1.89. The lowest BCUT2D eigenvalue weighted by molar-refractivity contribution is -0.00195. The molecule has 1 spiro atoms. The molecule has 2 aliphatic rings. The number of benzene rings is 1. The van der Waals surface area contributed by atoms with Crippen LogP contribution >= 0.6 is 0 Å². The first kappa shape index (κ1) is 11.2. The summed E-state index contributed by atoms with van der Waals surface area (Å²) >= 11 is 0. The fourth-order valence-corrected chi connectivity index (χ4v) is 3.43. The minimum absolute atomic E-state index is 0.372. The number of hydrogen-bond donors (Lipinski definition) is 0. The Hall–Kier alpha value is -0.925. The summed E-state index contributed by atoms with van der Waals surface area (Å²) in [6.07, 6.45) is 5.94. The molecule has 92 valence electrons. The predicted octanol–water partition coefficient (Wildman–Crippen LogP) is 3.79. The van der Waals surface area contributed by atoms with E-state index in [1.54, 1.807) is 6.07 Å². The van der Waals surface area contributed by atoms with Crippen LogP contribution in [0.15, 0.2) is 24.3 Å². The maximum Gasteiger partial charge on any atom is 0.509 e. The number of halogens is 3. The van der Waals surface area contributed by atoms with Crippen molar-refractivity contribution in [3.63, 3.8) is 0 Å². The first-order chi connectivity index (χ1) is 8.01. The zero-order chi connectivity index (χ0) is 12.1. The van der Waals surface area contributed by atoms with Crippen LogP contribution in [0.5, 0.6) is 0 Å². The zero-order valence-corrected chi connectivity index (χ0v) is 9.63. The predicted molar refractivity (Wildman–Crippen MR) is 63.4 cm³/mol. The maximum atomic E-state index is 12.7. The van der Waals surface area contributed by atoms with Crippen LogP contribution in [0.1, 0.15) is 43.6 Å². The summed E-state index contributed by atoms with van der Waals surface area (Å²) in [7, 11) is 0. The Morgan fingerprint density at radius 3 is 2.35 bits per heavy atom. The lowest BCUT2D eigenvalue weighted by Crippen LogP contribution is -2.44. The summed E-state index contributed by atoms with van der Waals surface area (Å²) in [4.78, 5) is 0. The summed E-state index contributed by atoms with van der Waals surface area (Å²) in [5.74, 6) is 0.384. The topological polar surface area (TPSA) is 0 Å². The molecular weight excluding hydrogens is 224 g/mol. The van der Waals surface area contributed by atoms with E-state index in [1.165, 1.54) is 37.8 Å². The fourth-order valence-electron chi connectivity index (χ4n) is 3.43. The van der Waals surface area contributed by atoms with Gasteiger partial charge in [0, 0.05) is 0 Å². The molecule has 0 aromatic heterocycles. The third-order valence-corrected chi connectivity index (χ3v) is 4.71. The van der Waals surface area contributed by atoms with Crippen LogP contribution in [-0.2, 0) is 0 Å². The van der Waals surface area contributed by atoms with Gasteiger partial charge in [-0.3, -0.25) is 0 Å². The normalized spacial score (nSPS) is 26.4. The molecule has 2 saturated carbocycles. The van der Waals surface area contributed by atoms with Crippen molar-refractivity contribution in [2.75, 3.05) is 0 Å². The molecular formula is C13H15BF3-. The molecule has 0 radical (unpaired) electrons. The van der Waals surface area contributed by atoms with E-state index in [1.807, 2.05) is 6.07 Å². The van der Waals surface area contributed by atoms with Crippen molar-refractivity contribution >= 4 is 12.4 Å². The molecule has 1 aromatic rings. The Morgan fingerprint density at radius 1 is 1.12 bits per heavy atom. The minimum Gasteiger partial charge on any atom is -0.445 e. The largest absolute Gasteiger partial charge is 0.509 e. The number of rotatable bonds is 2. The zero-order valence-electron chi connectivity index (χ0n) is 9.63. The lowest BCUT2D eigenvalue weighted by Gasteiger charge is -2.56. The molecule has 17 heavy (non-hydrogen) atoms. The van der Waals surface area contributed by atoms with E-state index in [2.05, 4.69) is 0 Å². The SMILES string of the molecule is F[B-](F)(F)c1cccc(C2CCC23CCC3)c1. The molecule has 1 unspecified atom stereocenters. The second kappa shape index (κ2) is 3.53. The van der Waals surface area contributed by atoms with Crippen LogP contribution in [0.4, 0.5) is 12.9 Å².